The first-order valence-corrected chi connectivity index (χ1v) is 25.9. The molecule has 16 heteroatoms. The molecular weight excluding hydrogens is 912 g/mol. The van der Waals surface area contributed by atoms with Crippen molar-refractivity contribution in [1.29, 1.82) is 0 Å². The number of likely N-dealkylation sites (N-methyl/N-ethyl adjacent to an activating group) is 2. The maximum atomic E-state index is 13.8. The van der Waals surface area contributed by atoms with Gasteiger partial charge in [0.1, 0.15) is 12.1 Å². The number of nitrogens with one attached hydrogen (secondary N) is 1. The summed E-state index contributed by atoms with van der Waals surface area (Å²) in [6.07, 6.45) is 11.6. The lowest BCUT2D eigenvalue weighted by Gasteiger charge is -2.41. The van der Waals surface area contributed by atoms with Crippen LogP contribution in [0.1, 0.15) is 176 Å². The highest BCUT2D eigenvalue weighted by molar-refractivity contribution is 5.91. The normalized spacial score (nSPS) is 19.8. The molecule has 8 atom stereocenters. The molecule has 15 nitrogen and oxygen atoms in total. The molecule has 2 aliphatic heterocycles. The van der Waals surface area contributed by atoms with Gasteiger partial charge in [-0.1, -0.05) is 108 Å². The largest absolute Gasteiger partial charge is 0.480 e. The van der Waals surface area contributed by atoms with Gasteiger partial charge in [0, 0.05) is 37.3 Å². The van der Waals surface area contributed by atoms with Crippen molar-refractivity contribution < 1.29 is 43.3 Å². The smallest absolute Gasteiger partial charge is 0.333 e. The first-order valence-electron chi connectivity index (χ1n) is 25.9. The van der Waals surface area contributed by atoms with E-state index in [2.05, 4.69) is 42.8 Å². The van der Waals surface area contributed by atoms with Crippen LogP contribution in [0, 0.1) is 22.7 Å². The highest BCUT2D eigenvalue weighted by Crippen LogP contribution is 2.27. The minimum Gasteiger partial charge on any atom is -0.480 e. The Labute approximate surface area is 431 Å². The van der Waals surface area contributed by atoms with E-state index in [1.165, 1.54) is 0 Å². The van der Waals surface area contributed by atoms with E-state index in [9.17, 15) is 28.8 Å². The number of carbonyl (C=O) groups is 6. The molecule has 4 N–H and O–H groups in total. The van der Waals surface area contributed by atoms with Crippen molar-refractivity contribution in [2.75, 3.05) is 40.4 Å². The van der Waals surface area contributed by atoms with Gasteiger partial charge in [0.15, 0.2) is 0 Å². The van der Waals surface area contributed by atoms with Gasteiger partial charge >= 0.3 is 17.9 Å². The Morgan fingerprint density at radius 3 is 1.36 bits per heavy atom. The number of carboxylic acid groups (broad SMARTS) is 1. The number of rotatable bonds is 19. The number of hydrogen-bond acceptors (Lipinski definition) is 11. The van der Waals surface area contributed by atoms with Gasteiger partial charge in [0.2, 0.25) is 17.7 Å². The maximum absolute atomic E-state index is 13.8. The standard InChI is InChI=1S/C27H49N3O4.C17H32N2O3.C10H19NO2.ClH/c1-11-20(6)30-16-14-13-15-21(30)24(31)28-23(27(7,8)9)25(32)29(10)22(18(3)4)17-19(5)26(33)34-12-2;1-9-22-16(21)12(4)10-13(11(2)3)19(8)15(20)14(18)17(5,6)7;1-3-8(2)11-7-5-4-6-9(11)10(12)13;/h17-18,20-23H,11-16H2,1-10H3,(H,28,31);10-11,13-14H,9,18H2,1-8H3;8-9H,3-7H2,1-2H3,(H,12,13);1H/b19-17+;12-10+;;/t20?,21?,22-,23-;13-,14-;8?,9-;/m111./s1. The fraction of sp³-hybridized carbons (Fsp3) is 0.815. The predicted molar refractivity (Wildman–Crippen MR) is 285 cm³/mol. The quantitative estimate of drug-likeness (QED) is 0.0826. The van der Waals surface area contributed by atoms with E-state index in [1.54, 1.807) is 63.7 Å². The Balaban J connectivity index is 0. The predicted octanol–water partition coefficient (Wildman–Crippen LogP) is 8.66. The molecule has 0 radical (unpaired) electrons. The van der Waals surface area contributed by atoms with Gasteiger partial charge in [-0.05, 0) is 116 Å². The zero-order chi connectivity index (χ0) is 53.7. The summed E-state index contributed by atoms with van der Waals surface area (Å²) >= 11 is 0. The first-order chi connectivity index (χ1) is 31.8. The Bertz CT molecular complexity index is 1690. The molecule has 0 aromatic heterocycles. The van der Waals surface area contributed by atoms with Crippen molar-refractivity contribution in [1.82, 2.24) is 24.9 Å². The summed E-state index contributed by atoms with van der Waals surface area (Å²) in [6.45, 7) is 37.7. The number of nitrogens with two attached hydrogens (primary N) is 1. The van der Waals surface area contributed by atoms with Crippen LogP contribution in [0.15, 0.2) is 23.3 Å². The second-order valence-corrected chi connectivity index (χ2v) is 22.0. The van der Waals surface area contributed by atoms with Crippen molar-refractivity contribution >= 4 is 48.0 Å². The van der Waals surface area contributed by atoms with Crippen molar-refractivity contribution in [2.45, 2.75) is 224 Å². The molecular formula is C54H101ClN6O9. The second-order valence-electron chi connectivity index (χ2n) is 22.0. The van der Waals surface area contributed by atoms with E-state index in [0.717, 1.165) is 64.5 Å². The van der Waals surface area contributed by atoms with Crippen LogP contribution in [0.3, 0.4) is 0 Å². The molecule has 0 aromatic rings. The Hall–Kier alpha value is -3.53. The third kappa shape index (κ3) is 22.1. The molecule has 2 fully saturated rings. The fourth-order valence-corrected chi connectivity index (χ4v) is 8.59. The number of ether oxygens (including phenoxy) is 2. The van der Waals surface area contributed by atoms with Crippen LogP contribution in [0.2, 0.25) is 0 Å². The summed E-state index contributed by atoms with van der Waals surface area (Å²) in [4.78, 5) is 82.4. The van der Waals surface area contributed by atoms with Gasteiger partial charge in [0.25, 0.3) is 0 Å². The Kier molecular flexibility index (Phi) is 31.8. The van der Waals surface area contributed by atoms with Crippen LogP contribution in [0.4, 0.5) is 0 Å². The minimum absolute atomic E-state index is 0. The first kappa shape index (κ1) is 68.5. The Morgan fingerprint density at radius 2 is 1.03 bits per heavy atom. The summed E-state index contributed by atoms with van der Waals surface area (Å²) in [7, 11) is 3.48. The number of esters is 2. The van der Waals surface area contributed by atoms with Crippen molar-refractivity contribution in [3.05, 3.63) is 23.3 Å². The zero-order valence-electron chi connectivity index (χ0n) is 47.4. The van der Waals surface area contributed by atoms with Crippen molar-refractivity contribution in [2.24, 2.45) is 28.4 Å². The monoisotopic (exact) mass is 1010 g/mol. The number of carboxylic acids is 1. The summed E-state index contributed by atoms with van der Waals surface area (Å²) in [5.41, 5.74) is 6.26. The van der Waals surface area contributed by atoms with E-state index >= 15 is 0 Å². The van der Waals surface area contributed by atoms with E-state index < -0.39 is 23.5 Å². The highest BCUT2D eigenvalue weighted by Gasteiger charge is 2.40. The summed E-state index contributed by atoms with van der Waals surface area (Å²) in [5, 5.41) is 12.1. The van der Waals surface area contributed by atoms with Gasteiger partial charge in [-0.2, -0.15) is 0 Å². The van der Waals surface area contributed by atoms with Crippen LogP contribution < -0.4 is 11.1 Å². The molecule has 70 heavy (non-hydrogen) atoms. The van der Waals surface area contributed by atoms with Crippen LogP contribution in [-0.4, -0.2) is 149 Å². The van der Waals surface area contributed by atoms with Gasteiger partial charge in [-0.3, -0.25) is 29.0 Å². The number of halogens is 1. The molecule has 2 rings (SSSR count). The number of carbonyl (C=O) groups excluding carboxylic acids is 5. The number of piperidine rings is 2. The van der Waals surface area contributed by atoms with Gasteiger partial charge < -0.3 is 35.4 Å². The molecule has 2 aliphatic rings. The SMILES string of the molecule is CCC(C)N1CCCC[C@@H]1C(=O)O.CCOC(=O)/C(C)=C/[C@H](C(C)C)N(C)C(=O)[C@@H](N)C(C)(C)C.CCOC(=O)/C(C)=C/[C@H](C(C)C)N(C)C(=O)[C@@H](NC(=O)C1CCCCN1C(C)CC)C(C)(C)C.Cl. The molecule has 0 aromatic carbocycles. The molecule has 0 bridgehead atoms. The summed E-state index contributed by atoms with van der Waals surface area (Å²) in [6, 6.07) is -1.49. The highest BCUT2D eigenvalue weighted by atomic mass is 35.5. The molecule has 0 spiro atoms. The zero-order valence-corrected chi connectivity index (χ0v) is 48.2. The second kappa shape index (κ2) is 32.5. The van der Waals surface area contributed by atoms with Gasteiger partial charge in [0.05, 0.1) is 37.4 Å². The van der Waals surface area contributed by atoms with Crippen LogP contribution >= 0.6 is 12.4 Å². The van der Waals surface area contributed by atoms with E-state index in [0.29, 0.717) is 36.4 Å². The van der Waals surface area contributed by atoms with E-state index in [-0.39, 0.29) is 83.5 Å². The van der Waals surface area contributed by atoms with Crippen LogP contribution in [-0.2, 0) is 38.2 Å². The number of amides is 3. The molecule has 3 unspecified atom stereocenters. The minimum atomic E-state index is -0.678. The maximum Gasteiger partial charge on any atom is 0.333 e. The summed E-state index contributed by atoms with van der Waals surface area (Å²) in [5.74, 6) is -1.50. The third-order valence-corrected chi connectivity index (χ3v) is 13.6. The van der Waals surface area contributed by atoms with E-state index in [4.69, 9.17) is 20.3 Å². The molecule has 408 valence electrons. The average Bonchev–Trinajstić information content (AvgIpc) is 3.29. The number of nitrogens with zero attached hydrogens (tertiary/aromatic N) is 4. The summed E-state index contributed by atoms with van der Waals surface area (Å²) < 4.78 is 10.1. The third-order valence-electron chi connectivity index (χ3n) is 13.6. The average molecular weight is 1010 g/mol. The lowest BCUT2D eigenvalue weighted by molar-refractivity contribution is -0.146. The van der Waals surface area contributed by atoms with Crippen LogP contribution in [0.5, 0.6) is 0 Å². The molecule has 0 saturated carbocycles. The fourth-order valence-electron chi connectivity index (χ4n) is 8.59. The topological polar surface area (TPSA) is 192 Å². The van der Waals surface area contributed by atoms with Crippen LogP contribution in [0.25, 0.3) is 0 Å². The molecule has 0 aliphatic carbocycles. The molecule has 2 heterocycles. The molecule has 2 saturated heterocycles. The number of hydrogen-bond donors (Lipinski definition) is 3. The van der Waals surface area contributed by atoms with Crippen molar-refractivity contribution in [3.8, 4) is 0 Å². The number of aliphatic carboxylic acids is 1. The van der Waals surface area contributed by atoms with Gasteiger partial charge in [-0.25, -0.2) is 9.59 Å². The number of likely N-dealkylation sites (tertiary alicyclic amines) is 2. The van der Waals surface area contributed by atoms with E-state index in [1.807, 2.05) is 69.2 Å². The Morgan fingerprint density at radius 1 is 0.657 bits per heavy atom. The van der Waals surface area contributed by atoms with Gasteiger partial charge in [-0.15, -0.1) is 12.4 Å². The van der Waals surface area contributed by atoms with Crippen molar-refractivity contribution in [3.63, 3.8) is 0 Å². The lowest BCUT2D eigenvalue weighted by atomic mass is 9.84. The molecule has 3 amide bonds. The lowest BCUT2D eigenvalue weighted by Crippen LogP contribution is -2.60.